The van der Waals surface area contributed by atoms with Crippen molar-refractivity contribution in [1.29, 1.82) is 5.26 Å². The first-order valence-corrected chi connectivity index (χ1v) is 4.61. The van der Waals surface area contributed by atoms with Gasteiger partial charge in [-0.3, -0.25) is 10.1 Å². The maximum Gasteiger partial charge on any atom is 0.436 e. The topological polar surface area (TPSA) is 89.3 Å². The summed E-state index contributed by atoms with van der Waals surface area (Å²) in [6.45, 7) is 0. The van der Waals surface area contributed by atoms with Crippen LogP contribution in [0.4, 0.5) is 5.88 Å². The van der Waals surface area contributed by atoms with Crippen LogP contribution in [0.3, 0.4) is 0 Å². The van der Waals surface area contributed by atoms with E-state index in [1.165, 1.54) is 18.2 Å². The molecule has 0 radical (unpaired) electrons. The Labute approximate surface area is 95.8 Å². The van der Waals surface area contributed by atoms with E-state index in [9.17, 15) is 10.1 Å². The van der Waals surface area contributed by atoms with Crippen LogP contribution in [0.15, 0.2) is 40.8 Å². The fraction of sp³-hybridized carbons (Fsp3) is 0. The molecular weight excluding hydrogens is 224 g/mol. The van der Waals surface area contributed by atoms with E-state index in [1.54, 1.807) is 18.2 Å². The van der Waals surface area contributed by atoms with Crippen LogP contribution >= 0.6 is 0 Å². The molecule has 0 aliphatic carbocycles. The number of ether oxygens (including phenoxy) is 1. The summed E-state index contributed by atoms with van der Waals surface area (Å²) in [7, 11) is 0. The van der Waals surface area contributed by atoms with Crippen LogP contribution in [-0.2, 0) is 0 Å². The largest absolute Gasteiger partial charge is 0.436 e. The van der Waals surface area contributed by atoms with Crippen molar-refractivity contribution in [2.75, 3.05) is 0 Å². The number of nitro groups is 1. The van der Waals surface area contributed by atoms with E-state index in [4.69, 9.17) is 14.4 Å². The highest BCUT2D eigenvalue weighted by molar-refractivity contribution is 5.38. The summed E-state index contributed by atoms with van der Waals surface area (Å²) in [5.74, 6) is -0.00322. The Morgan fingerprint density at radius 1 is 1.35 bits per heavy atom. The van der Waals surface area contributed by atoms with Crippen LogP contribution in [0, 0.1) is 21.4 Å². The Bertz CT molecular complexity index is 598. The van der Waals surface area contributed by atoms with E-state index in [0.717, 1.165) is 0 Å². The van der Waals surface area contributed by atoms with Crippen molar-refractivity contribution in [2.24, 2.45) is 0 Å². The number of rotatable bonds is 3. The van der Waals surface area contributed by atoms with Crippen molar-refractivity contribution in [1.82, 2.24) is 0 Å². The van der Waals surface area contributed by atoms with Crippen molar-refractivity contribution in [3.8, 4) is 17.8 Å². The molecule has 1 aromatic heterocycles. The van der Waals surface area contributed by atoms with Crippen LogP contribution in [0.25, 0.3) is 0 Å². The standard InChI is InChI=1S/C11H6N2O4/c12-7-8-2-1-3-9(6-8)16-11-5-4-10(17-11)13(14)15/h1-6H. The Morgan fingerprint density at radius 3 is 2.82 bits per heavy atom. The van der Waals surface area contributed by atoms with Crippen LogP contribution < -0.4 is 4.74 Å². The van der Waals surface area contributed by atoms with Gasteiger partial charge in [0.25, 0.3) is 5.95 Å². The molecule has 6 heteroatoms. The third-order valence-corrected chi connectivity index (χ3v) is 1.93. The number of hydrogen-bond donors (Lipinski definition) is 0. The summed E-state index contributed by atoms with van der Waals surface area (Å²) in [6, 6.07) is 10.9. The first-order valence-electron chi connectivity index (χ1n) is 4.61. The molecule has 0 bridgehead atoms. The number of furan rings is 1. The molecule has 0 aliphatic heterocycles. The minimum absolute atomic E-state index is 0.00629. The minimum Gasteiger partial charge on any atom is -0.426 e. The average molecular weight is 230 g/mol. The van der Waals surface area contributed by atoms with E-state index in [1.807, 2.05) is 6.07 Å². The summed E-state index contributed by atoms with van der Waals surface area (Å²) < 4.78 is 10.0. The molecule has 0 saturated carbocycles. The average Bonchev–Trinajstić information content (AvgIpc) is 2.78. The molecule has 2 aromatic rings. The Balaban J connectivity index is 2.19. The first-order chi connectivity index (χ1) is 8.19. The molecule has 6 nitrogen and oxygen atoms in total. The second-order valence-electron chi connectivity index (χ2n) is 3.09. The second-order valence-corrected chi connectivity index (χ2v) is 3.09. The van der Waals surface area contributed by atoms with Gasteiger partial charge in [0.15, 0.2) is 0 Å². The lowest BCUT2D eigenvalue weighted by molar-refractivity contribution is -0.402. The van der Waals surface area contributed by atoms with Gasteiger partial charge < -0.3 is 9.15 Å². The van der Waals surface area contributed by atoms with E-state index in [-0.39, 0.29) is 5.95 Å². The van der Waals surface area contributed by atoms with Gasteiger partial charge in [0, 0.05) is 6.07 Å². The molecule has 2 rings (SSSR count). The Morgan fingerprint density at radius 2 is 2.18 bits per heavy atom. The van der Waals surface area contributed by atoms with Gasteiger partial charge >= 0.3 is 5.88 Å². The summed E-state index contributed by atoms with van der Waals surface area (Å²) in [6.07, 6.45) is 0. The van der Waals surface area contributed by atoms with Crippen LogP contribution in [0.5, 0.6) is 11.7 Å². The third-order valence-electron chi connectivity index (χ3n) is 1.93. The van der Waals surface area contributed by atoms with Gasteiger partial charge in [0.05, 0.1) is 17.7 Å². The third kappa shape index (κ3) is 2.41. The zero-order valence-electron chi connectivity index (χ0n) is 8.49. The van der Waals surface area contributed by atoms with Crippen LogP contribution in [-0.4, -0.2) is 4.92 Å². The molecule has 1 heterocycles. The van der Waals surface area contributed by atoms with Gasteiger partial charge in [-0.05, 0) is 18.2 Å². The van der Waals surface area contributed by atoms with Gasteiger partial charge in [-0.1, -0.05) is 6.07 Å². The highest BCUT2D eigenvalue weighted by Gasteiger charge is 2.13. The molecule has 17 heavy (non-hydrogen) atoms. The SMILES string of the molecule is N#Cc1cccc(Oc2ccc([N+](=O)[O-])o2)c1. The van der Waals surface area contributed by atoms with Gasteiger partial charge in [-0.2, -0.15) is 5.26 Å². The molecule has 0 unspecified atom stereocenters. The van der Waals surface area contributed by atoms with E-state index in [2.05, 4.69) is 0 Å². The summed E-state index contributed by atoms with van der Waals surface area (Å²) in [5.41, 5.74) is 0.434. The van der Waals surface area contributed by atoms with Crippen molar-refractivity contribution in [3.63, 3.8) is 0 Å². The predicted octanol–water partition coefficient (Wildman–Crippen LogP) is 2.85. The highest BCUT2D eigenvalue weighted by atomic mass is 16.7. The second kappa shape index (κ2) is 4.37. The van der Waals surface area contributed by atoms with Crippen molar-refractivity contribution < 1.29 is 14.1 Å². The number of nitriles is 1. The minimum atomic E-state index is -0.654. The molecule has 0 atom stereocenters. The molecule has 0 N–H and O–H groups in total. The summed E-state index contributed by atoms with van der Waals surface area (Å²) in [4.78, 5) is 9.73. The van der Waals surface area contributed by atoms with E-state index in [0.29, 0.717) is 11.3 Å². The Hall–Kier alpha value is -2.81. The zero-order chi connectivity index (χ0) is 12.3. The van der Waals surface area contributed by atoms with Gasteiger partial charge in [-0.25, -0.2) is 0 Å². The highest BCUT2D eigenvalue weighted by Crippen LogP contribution is 2.27. The lowest BCUT2D eigenvalue weighted by Crippen LogP contribution is -1.84. The molecular formula is C11H6N2O4. The van der Waals surface area contributed by atoms with Crippen molar-refractivity contribution >= 4 is 5.88 Å². The van der Waals surface area contributed by atoms with Crippen LogP contribution in [0.2, 0.25) is 0 Å². The van der Waals surface area contributed by atoms with E-state index >= 15 is 0 Å². The maximum atomic E-state index is 10.4. The molecule has 0 fully saturated rings. The van der Waals surface area contributed by atoms with E-state index < -0.39 is 10.8 Å². The van der Waals surface area contributed by atoms with Crippen molar-refractivity contribution in [2.45, 2.75) is 0 Å². The quantitative estimate of drug-likeness (QED) is 0.597. The number of hydrogen-bond acceptors (Lipinski definition) is 5. The normalized spacial score (nSPS) is 9.59. The fourth-order valence-electron chi connectivity index (χ4n) is 1.21. The summed E-state index contributed by atoms with van der Waals surface area (Å²) in [5, 5.41) is 19.1. The molecule has 0 spiro atoms. The fourth-order valence-corrected chi connectivity index (χ4v) is 1.21. The maximum absolute atomic E-state index is 10.4. The lowest BCUT2D eigenvalue weighted by Gasteiger charge is -2.00. The van der Waals surface area contributed by atoms with Gasteiger partial charge in [0.1, 0.15) is 10.7 Å². The molecule has 0 amide bonds. The smallest absolute Gasteiger partial charge is 0.426 e. The lowest BCUT2D eigenvalue weighted by atomic mass is 10.2. The van der Waals surface area contributed by atoms with Crippen LogP contribution in [0.1, 0.15) is 5.56 Å². The molecule has 0 saturated heterocycles. The first kappa shape index (κ1) is 10.7. The van der Waals surface area contributed by atoms with Gasteiger partial charge in [-0.15, -0.1) is 0 Å². The van der Waals surface area contributed by atoms with Gasteiger partial charge in [0.2, 0.25) is 0 Å². The van der Waals surface area contributed by atoms with Crippen molar-refractivity contribution in [3.05, 3.63) is 52.1 Å². The Kier molecular flexibility index (Phi) is 2.75. The molecule has 1 aromatic carbocycles. The monoisotopic (exact) mass is 230 g/mol. The predicted molar refractivity (Wildman–Crippen MR) is 56.6 cm³/mol. The molecule has 84 valence electrons. The zero-order valence-corrected chi connectivity index (χ0v) is 8.49. The number of benzene rings is 1. The molecule has 0 aliphatic rings. The number of nitrogens with zero attached hydrogens (tertiary/aromatic N) is 2. The summed E-state index contributed by atoms with van der Waals surface area (Å²) >= 11 is 0.